The van der Waals surface area contributed by atoms with Crippen LogP contribution in [0.15, 0.2) is 42.5 Å². The van der Waals surface area contributed by atoms with Crippen LogP contribution in [0, 0.1) is 6.92 Å². The fraction of sp³-hybridized carbons (Fsp3) is 0.300. The molecule has 2 aromatic rings. The van der Waals surface area contributed by atoms with Crippen LogP contribution in [0.4, 0.5) is 11.4 Å². The van der Waals surface area contributed by atoms with E-state index in [-0.39, 0.29) is 12.5 Å². The Kier molecular flexibility index (Phi) is 5.33. The summed E-state index contributed by atoms with van der Waals surface area (Å²) in [5.74, 6) is 0.273. The molecular formula is C20H22N2O3. The molecule has 0 spiro atoms. The lowest BCUT2D eigenvalue weighted by Gasteiger charge is -2.19. The average Bonchev–Trinajstić information content (AvgIpc) is 3.16. The first-order chi connectivity index (χ1) is 12.2. The number of hydrogen-bond donors (Lipinski definition) is 1. The maximum atomic E-state index is 12.1. The van der Waals surface area contributed by atoms with Crippen LogP contribution >= 0.6 is 0 Å². The van der Waals surface area contributed by atoms with Crippen molar-refractivity contribution in [2.75, 3.05) is 29.9 Å². The highest BCUT2D eigenvalue weighted by Gasteiger charge is 2.13. The number of hydrogen-bond acceptors (Lipinski definition) is 4. The Labute approximate surface area is 147 Å². The van der Waals surface area contributed by atoms with E-state index in [2.05, 4.69) is 16.3 Å². The summed E-state index contributed by atoms with van der Waals surface area (Å²) >= 11 is 0. The van der Waals surface area contributed by atoms with Crippen LogP contribution in [0.3, 0.4) is 0 Å². The molecule has 5 heteroatoms. The fourth-order valence-electron chi connectivity index (χ4n) is 2.97. The van der Waals surface area contributed by atoms with Crippen molar-refractivity contribution < 1.29 is 14.3 Å². The van der Waals surface area contributed by atoms with Gasteiger partial charge < -0.3 is 15.0 Å². The van der Waals surface area contributed by atoms with Crippen LogP contribution < -0.4 is 15.0 Å². The molecule has 1 heterocycles. The van der Waals surface area contributed by atoms with E-state index in [1.54, 1.807) is 24.3 Å². The van der Waals surface area contributed by atoms with Crippen molar-refractivity contribution in [1.82, 2.24) is 0 Å². The summed E-state index contributed by atoms with van der Waals surface area (Å²) in [6, 6.07) is 12.8. The maximum absolute atomic E-state index is 12.1. The van der Waals surface area contributed by atoms with E-state index >= 15 is 0 Å². The number of rotatable bonds is 6. The van der Waals surface area contributed by atoms with E-state index in [0.717, 1.165) is 30.6 Å². The molecule has 0 saturated carbocycles. The first-order valence-corrected chi connectivity index (χ1v) is 8.49. The van der Waals surface area contributed by atoms with Gasteiger partial charge in [-0.2, -0.15) is 0 Å². The Morgan fingerprint density at radius 2 is 2.00 bits per heavy atom. The second-order valence-electron chi connectivity index (χ2n) is 6.22. The maximum Gasteiger partial charge on any atom is 0.262 e. The van der Waals surface area contributed by atoms with E-state index in [4.69, 9.17) is 4.74 Å². The highest BCUT2D eigenvalue weighted by atomic mass is 16.5. The van der Waals surface area contributed by atoms with Crippen molar-refractivity contribution in [2.45, 2.75) is 19.8 Å². The average molecular weight is 338 g/mol. The van der Waals surface area contributed by atoms with Gasteiger partial charge in [-0.25, -0.2) is 0 Å². The Morgan fingerprint density at radius 3 is 2.72 bits per heavy atom. The van der Waals surface area contributed by atoms with Gasteiger partial charge in [-0.3, -0.25) is 9.59 Å². The van der Waals surface area contributed by atoms with Crippen LogP contribution in [0.5, 0.6) is 5.75 Å². The number of carbonyl (C=O) groups is 2. The zero-order valence-corrected chi connectivity index (χ0v) is 14.3. The lowest BCUT2D eigenvalue weighted by molar-refractivity contribution is -0.118. The molecule has 0 aromatic heterocycles. The normalized spacial score (nSPS) is 13.6. The molecule has 0 atom stereocenters. The minimum absolute atomic E-state index is 0.102. The molecule has 0 unspecified atom stereocenters. The van der Waals surface area contributed by atoms with Crippen LogP contribution in [0.25, 0.3) is 0 Å². The van der Waals surface area contributed by atoms with E-state index in [9.17, 15) is 9.59 Å². The number of aryl methyl sites for hydroxylation is 1. The van der Waals surface area contributed by atoms with Crippen molar-refractivity contribution in [3.63, 3.8) is 0 Å². The van der Waals surface area contributed by atoms with E-state index in [1.165, 1.54) is 18.5 Å². The van der Waals surface area contributed by atoms with E-state index in [0.29, 0.717) is 11.3 Å². The summed E-state index contributed by atoms with van der Waals surface area (Å²) in [6.45, 7) is 4.08. The number of anilines is 2. The van der Waals surface area contributed by atoms with Gasteiger partial charge in [-0.05, 0) is 55.7 Å². The number of amides is 1. The van der Waals surface area contributed by atoms with Crippen molar-refractivity contribution in [2.24, 2.45) is 0 Å². The smallest absolute Gasteiger partial charge is 0.262 e. The molecule has 2 aromatic carbocycles. The van der Waals surface area contributed by atoms with Gasteiger partial charge >= 0.3 is 0 Å². The zero-order chi connectivity index (χ0) is 17.6. The quantitative estimate of drug-likeness (QED) is 0.820. The van der Waals surface area contributed by atoms with Gasteiger partial charge in [0.15, 0.2) is 6.61 Å². The number of carbonyl (C=O) groups excluding carboxylic acids is 2. The second kappa shape index (κ2) is 7.83. The van der Waals surface area contributed by atoms with E-state index < -0.39 is 0 Å². The van der Waals surface area contributed by atoms with Crippen LogP contribution in [0.2, 0.25) is 0 Å². The second-order valence-corrected chi connectivity index (χ2v) is 6.22. The van der Waals surface area contributed by atoms with Crippen molar-refractivity contribution in [3.05, 3.63) is 53.6 Å². The number of nitrogens with one attached hydrogen (secondary N) is 1. The third kappa shape index (κ3) is 4.38. The van der Waals surface area contributed by atoms with Crippen LogP contribution in [-0.4, -0.2) is 31.9 Å². The first kappa shape index (κ1) is 17.0. The third-order valence-corrected chi connectivity index (χ3v) is 4.32. The van der Waals surface area contributed by atoms with Crippen LogP contribution in [0.1, 0.15) is 28.8 Å². The molecule has 1 N–H and O–H groups in total. The Hall–Kier alpha value is -2.82. The molecule has 1 saturated heterocycles. The number of nitrogens with zero attached hydrogens (tertiary/aromatic N) is 1. The van der Waals surface area contributed by atoms with Crippen LogP contribution in [-0.2, 0) is 4.79 Å². The molecule has 3 rings (SSSR count). The van der Waals surface area contributed by atoms with Gasteiger partial charge in [0, 0.05) is 30.0 Å². The molecule has 25 heavy (non-hydrogen) atoms. The Bertz CT molecular complexity index is 767. The van der Waals surface area contributed by atoms with Crippen molar-refractivity contribution in [1.29, 1.82) is 0 Å². The van der Waals surface area contributed by atoms with Crippen molar-refractivity contribution in [3.8, 4) is 5.75 Å². The summed E-state index contributed by atoms with van der Waals surface area (Å²) in [5.41, 5.74) is 3.54. The van der Waals surface area contributed by atoms with Gasteiger partial charge in [0.25, 0.3) is 5.91 Å². The number of ether oxygens (including phenoxy) is 1. The fourth-order valence-corrected chi connectivity index (χ4v) is 2.97. The zero-order valence-electron chi connectivity index (χ0n) is 14.3. The highest BCUT2D eigenvalue weighted by Crippen LogP contribution is 2.25. The monoisotopic (exact) mass is 338 g/mol. The van der Waals surface area contributed by atoms with E-state index in [1.807, 2.05) is 19.1 Å². The summed E-state index contributed by atoms with van der Waals surface area (Å²) in [6.07, 6.45) is 3.22. The first-order valence-electron chi connectivity index (χ1n) is 8.49. The minimum atomic E-state index is -0.228. The summed E-state index contributed by atoms with van der Waals surface area (Å²) in [5, 5.41) is 2.87. The Morgan fingerprint density at radius 1 is 1.20 bits per heavy atom. The molecule has 0 aliphatic carbocycles. The molecule has 5 nitrogen and oxygen atoms in total. The molecule has 1 aliphatic rings. The molecule has 1 amide bonds. The van der Waals surface area contributed by atoms with Crippen molar-refractivity contribution >= 4 is 23.6 Å². The minimum Gasteiger partial charge on any atom is -0.484 e. The predicted octanol–water partition coefficient (Wildman–Crippen LogP) is 3.43. The molecule has 0 radical (unpaired) electrons. The summed E-state index contributed by atoms with van der Waals surface area (Å²) < 4.78 is 5.45. The number of aldehydes is 1. The molecule has 1 aliphatic heterocycles. The molecular weight excluding hydrogens is 316 g/mol. The highest BCUT2D eigenvalue weighted by molar-refractivity contribution is 5.93. The van der Waals surface area contributed by atoms with Gasteiger partial charge in [0.1, 0.15) is 12.0 Å². The lowest BCUT2D eigenvalue weighted by Crippen LogP contribution is -2.21. The predicted molar refractivity (Wildman–Crippen MR) is 98.6 cm³/mol. The molecule has 130 valence electrons. The molecule has 1 fully saturated rings. The summed E-state index contributed by atoms with van der Waals surface area (Å²) in [4.78, 5) is 25.2. The van der Waals surface area contributed by atoms with Gasteiger partial charge in [-0.1, -0.05) is 12.1 Å². The van der Waals surface area contributed by atoms with Gasteiger partial charge in [-0.15, -0.1) is 0 Å². The topological polar surface area (TPSA) is 58.6 Å². The SMILES string of the molecule is Cc1cc(N2CCCC2)ccc1NC(=O)COc1cccc(C=O)c1. The molecule has 0 bridgehead atoms. The van der Waals surface area contributed by atoms with Gasteiger partial charge in [0.2, 0.25) is 0 Å². The lowest BCUT2D eigenvalue weighted by atomic mass is 10.1. The standard InChI is InChI=1S/C20H22N2O3/c1-15-11-17(22-9-2-3-10-22)7-8-19(15)21-20(24)14-25-18-6-4-5-16(12-18)13-23/h4-8,11-13H,2-3,9-10,14H2,1H3,(H,21,24). The van der Waals surface area contributed by atoms with Gasteiger partial charge in [0.05, 0.1) is 0 Å². The number of benzene rings is 2. The largest absolute Gasteiger partial charge is 0.484 e. The third-order valence-electron chi connectivity index (χ3n) is 4.32. The summed E-state index contributed by atoms with van der Waals surface area (Å²) in [7, 11) is 0. The Balaban J connectivity index is 1.57.